The molecule has 0 aromatic heterocycles. The van der Waals surface area contributed by atoms with Crippen LogP contribution in [0.25, 0.3) is 0 Å². The normalized spacial score (nSPS) is 16.1. The molecule has 0 fully saturated rings. The second kappa shape index (κ2) is 23.7. The standard InChI is InChI=1S/C34H49N7O18/c1-13(42)25(35)32(56)40-26(14(2)43)33(57)36-18(8-9-22(46)47)28(52)38-20(11-23(48)49)30(54)37-19(10-16-4-6-17(45)7-5-16)29(53)39-21(12-24(50)51)31(55)41-27(15(3)44)34(58)59/h4-7,13-15,18-21,25-27,42-45H,8-12,35H2,1-3H3,(H,36,57)(H,37,54)(H,38,52)(H,39,53)(H,40,56)(H,41,55)(H,46,47)(H,48,49)(H,50,51)(H,58,59)/t13-,14-,15-,18+,19+,20+,21+,25+,26+,27+/m1/s1. The number of amides is 6. The molecule has 0 aliphatic carbocycles. The monoisotopic (exact) mass is 843 g/mol. The van der Waals surface area contributed by atoms with Gasteiger partial charge in [0.15, 0.2) is 6.04 Å². The van der Waals surface area contributed by atoms with Crippen LogP contribution in [0.15, 0.2) is 24.3 Å². The van der Waals surface area contributed by atoms with Crippen LogP contribution in [0.5, 0.6) is 5.75 Å². The molecule has 0 bridgehead atoms. The van der Waals surface area contributed by atoms with Crippen LogP contribution in [0.2, 0.25) is 0 Å². The smallest absolute Gasteiger partial charge is 0.328 e. The second-order valence-electron chi connectivity index (χ2n) is 13.3. The SMILES string of the molecule is C[C@@H](O)[C@H](N)C(=O)N[C@H](C(=O)N[C@@H](CCC(=O)O)C(=O)N[C@@H](CC(=O)O)C(=O)N[C@@H](Cc1ccc(O)cc1)C(=O)N[C@@H](CC(=O)O)C(=O)N[C@H](C(=O)O)[C@@H](C)O)[C@@H](C)O. The van der Waals surface area contributed by atoms with Crippen molar-refractivity contribution in [1.29, 1.82) is 0 Å². The summed E-state index contributed by atoms with van der Waals surface area (Å²) in [4.78, 5) is 126. The van der Waals surface area contributed by atoms with E-state index in [-0.39, 0.29) is 11.3 Å². The van der Waals surface area contributed by atoms with Gasteiger partial charge in [-0.15, -0.1) is 0 Å². The van der Waals surface area contributed by atoms with E-state index in [9.17, 15) is 88.8 Å². The molecule has 0 spiro atoms. The predicted octanol–water partition coefficient (Wildman–Crippen LogP) is -5.79. The van der Waals surface area contributed by atoms with Crippen molar-refractivity contribution in [2.75, 3.05) is 0 Å². The fourth-order valence-electron chi connectivity index (χ4n) is 4.98. The lowest BCUT2D eigenvalue weighted by Gasteiger charge is -2.28. The zero-order chi connectivity index (χ0) is 45.3. The summed E-state index contributed by atoms with van der Waals surface area (Å²) in [6.07, 6.45) is -9.08. The number of carbonyl (C=O) groups excluding carboxylic acids is 6. The van der Waals surface area contributed by atoms with Crippen molar-refractivity contribution < 1.29 is 88.8 Å². The van der Waals surface area contributed by atoms with Gasteiger partial charge in [-0.1, -0.05) is 12.1 Å². The van der Waals surface area contributed by atoms with Crippen LogP contribution in [0, 0.1) is 0 Å². The van der Waals surface area contributed by atoms with Gasteiger partial charge in [-0.05, 0) is 44.9 Å². The number of aliphatic hydroxyl groups excluding tert-OH is 3. The Morgan fingerprint density at radius 1 is 0.525 bits per heavy atom. The lowest BCUT2D eigenvalue weighted by molar-refractivity contribution is -0.146. The van der Waals surface area contributed by atoms with Gasteiger partial charge in [0.25, 0.3) is 0 Å². The lowest BCUT2D eigenvalue weighted by Crippen LogP contribution is -2.62. The van der Waals surface area contributed by atoms with Crippen LogP contribution in [0.4, 0.5) is 0 Å². The summed E-state index contributed by atoms with van der Waals surface area (Å²) in [5.74, 6) is -14.6. The second-order valence-corrected chi connectivity index (χ2v) is 13.3. The van der Waals surface area contributed by atoms with Gasteiger partial charge in [0, 0.05) is 12.8 Å². The topological polar surface area (TPSA) is 431 Å². The maximum absolute atomic E-state index is 13.6. The van der Waals surface area contributed by atoms with E-state index in [4.69, 9.17) is 5.73 Å². The van der Waals surface area contributed by atoms with Gasteiger partial charge in [0.2, 0.25) is 35.4 Å². The van der Waals surface area contributed by atoms with Gasteiger partial charge < -0.3 is 78.5 Å². The molecule has 0 heterocycles. The number of aliphatic hydroxyl groups is 3. The minimum absolute atomic E-state index is 0.215. The quantitative estimate of drug-likeness (QED) is 0.0436. The Morgan fingerprint density at radius 2 is 0.932 bits per heavy atom. The van der Waals surface area contributed by atoms with Gasteiger partial charge in [-0.3, -0.25) is 43.2 Å². The molecular weight excluding hydrogens is 794 g/mol. The summed E-state index contributed by atoms with van der Waals surface area (Å²) in [5.41, 5.74) is 5.78. The molecule has 328 valence electrons. The Balaban J connectivity index is 3.52. The van der Waals surface area contributed by atoms with Crippen molar-refractivity contribution in [2.45, 2.75) is 113 Å². The third-order valence-corrected chi connectivity index (χ3v) is 8.24. The molecule has 59 heavy (non-hydrogen) atoms. The number of benzene rings is 1. The van der Waals surface area contributed by atoms with E-state index in [2.05, 4.69) is 21.3 Å². The van der Waals surface area contributed by atoms with Crippen molar-refractivity contribution in [2.24, 2.45) is 5.73 Å². The Morgan fingerprint density at radius 3 is 1.36 bits per heavy atom. The number of aliphatic carboxylic acids is 4. The number of nitrogens with two attached hydrogens (primary N) is 1. The van der Waals surface area contributed by atoms with Crippen LogP contribution in [-0.4, -0.2) is 161 Å². The summed E-state index contributed by atoms with van der Waals surface area (Å²) in [6.45, 7) is 3.22. The number of carboxylic acids is 4. The average Bonchev–Trinajstić information content (AvgIpc) is 3.12. The fourth-order valence-corrected chi connectivity index (χ4v) is 4.98. The van der Waals surface area contributed by atoms with Crippen molar-refractivity contribution in [1.82, 2.24) is 31.9 Å². The van der Waals surface area contributed by atoms with E-state index >= 15 is 0 Å². The molecule has 1 rings (SSSR count). The number of hydrogen-bond donors (Lipinski definition) is 15. The van der Waals surface area contributed by atoms with E-state index in [1.165, 1.54) is 24.3 Å². The number of aromatic hydroxyl groups is 1. The Labute approximate surface area is 334 Å². The molecule has 16 N–H and O–H groups in total. The summed E-state index contributed by atoms with van der Waals surface area (Å²) >= 11 is 0. The summed E-state index contributed by atoms with van der Waals surface area (Å²) in [5, 5.41) is 89.1. The number of nitrogens with one attached hydrogen (secondary N) is 6. The van der Waals surface area contributed by atoms with Gasteiger partial charge in [0.05, 0.1) is 31.2 Å². The van der Waals surface area contributed by atoms with E-state index in [0.29, 0.717) is 0 Å². The first-order valence-electron chi connectivity index (χ1n) is 17.6. The zero-order valence-corrected chi connectivity index (χ0v) is 31.9. The first kappa shape index (κ1) is 50.6. The van der Waals surface area contributed by atoms with Crippen LogP contribution in [0.3, 0.4) is 0 Å². The van der Waals surface area contributed by atoms with Crippen molar-refractivity contribution in [3.05, 3.63) is 29.8 Å². The highest BCUT2D eigenvalue weighted by Gasteiger charge is 2.36. The Kier molecular flexibility index (Phi) is 20.3. The third kappa shape index (κ3) is 17.7. The minimum atomic E-state index is -2.10. The van der Waals surface area contributed by atoms with Crippen LogP contribution in [-0.2, 0) is 54.4 Å². The van der Waals surface area contributed by atoms with Crippen LogP contribution >= 0.6 is 0 Å². The molecule has 1 aromatic carbocycles. The molecule has 0 saturated carbocycles. The molecule has 6 amide bonds. The molecule has 0 aliphatic rings. The molecule has 10 atom stereocenters. The number of phenolic OH excluding ortho intramolecular Hbond substituents is 1. The van der Waals surface area contributed by atoms with E-state index < -0.39 is 152 Å². The first-order valence-corrected chi connectivity index (χ1v) is 17.6. The molecule has 25 heteroatoms. The molecule has 0 aliphatic heterocycles. The van der Waals surface area contributed by atoms with Crippen LogP contribution < -0.4 is 37.6 Å². The van der Waals surface area contributed by atoms with E-state index in [1.54, 1.807) is 0 Å². The Hall–Kier alpha value is -6.44. The average molecular weight is 844 g/mol. The molecule has 0 saturated heterocycles. The Bertz CT molecular complexity index is 1700. The van der Waals surface area contributed by atoms with Gasteiger partial charge >= 0.3 is 23.9 Å². The number of hydrogen-bond acceptors (Lipinski definition) is 15. The third-order valence-electron chi connectivity index (χ3n) is 8.24. The highest BCUT2D eigenvalue weighted by atomic mass is 16.4. The molecule has 0 radical (unpaired) electrons. The number of carboxylic acid groups (broad SMARTS) is 4. The van der Waals surface area contributed by atoms with Gasteiger partial charge in [-0.25, -0.2) is 4.79 Å². The number of rotatable bonds is 25. The van der Waals surface area contributed by atoms with E-state index in [1.807, 2.05) is 10.6 Å². The molecular formula is C34H49N7O18. The van der Waals surface area contributed by atoms with Crippen molar-refractivity contribution >= 4 is 59.3 Å². The molecule has 1 aromatic rings. The predicted molar refractivity (Wildman–Crippen MR) is 195 cm³/mol. The summed E-state index contributed by atoms with van der Waals surface area (Å²) in [7, 11) is 0. The largest absolute Gasteiger partial charge is 0.508 e. The number of phenols is 1. The molecule has 25 nitrogen and oxygen atoms in total. The minimum Gasteiger partial charge on any atom is -0.508 e. The highest BCUT2D eigenvalue weighted by Crippen LogP contribution is 2.13. The maximum atomic E-state index is 13.6. The molecule has 0 unspecified atom stereocenters. The summed E-state index contributed by atoms with van der Waals surface area (Å²) < 4.78 is 0. The fraction of sp³-hybridized carbons (Fsp3) is 0.529. The summed E-state index contributed by atoms with van der Waals surface area (Å²) in [6, 6.07) is -8.24. The van der Waals surface area contributed by atoms with Crippen molar-refractivity contribution in [3.63, 3.8) is 0 Å². The van der Waals surface area contributed by atoms with Crippen molar-refractivity contribution in [3.8, 4) is 5.75 Å². The number of carbonyl (C=O) groups is 10. The van der Waals surface area contributed by atoms with Crippen LogP contribution in [0.1, 0.15) is 52.0 Å². The van der Waals surface area contributed by atoms with E-state index in [0.717, 1.165) is 20.8 Å². The first-order chi connectivity index (χ1) is 27.3. The zero-order valence-electron chi connectivity index (χ0n) is 31.9. The van der Waals surface area contributed by atoms with Gasteiger partial charge in [-0.2, -0.15) is 0 Å². The lowest BCUT2D eigenvalue weighted by atomic mass is 10.0. The highest BCUT2D eigenvalue weighted by molar-refractivity contribution is 5.99. The maximum Gasteiger partial charge on any atom is 0.328 e. The van der Waals surface area contributed by atoms with Gasteiger partial charge in [0.1, 0.15) is 42.0 Å².